The molecule has 0 fully saturated rings. The van der Waals surface area contributed by atoms with Crippen LogP contribution < -0.4 is 10.9 Å². The van der Waals surface area contributed by atoms with Crippen molar-refractivity contribution in [2.45, 2.75) is 0 Å². The summed E-state index contributed by atoms with van der Waals surface area (Å²) >= 11 is 0. The first-order valence-electron chi connectivity index (χ1n) is 8.08. The molecule has 27 heavy (non-hydrogen) atoms. The Kier molecular flexibility index (Phi) is 5.66. The molecular weight excluding hydrogens is 344 g/mol. The molecular formula is C20H16N4O3. The van der Waals surface area contributed by atoms with E-state index in [4.69, 9.17) is 5.21 Å². The minimum atomic E-state index is -0.601. The summed E-state index contributed by atoms with van der Waals surface area (Å²) in [6, 6.07) is 21.1. The van der Waals surface area contributed by atoms with E-state index in [2.05, 4.69) is 15.5 Å². The van der Waals surface area contributed by atoms with Crippen molar-refractivity contribution in [1.82, 2.24) is 15.9 Å². The number of nitrogens with zero attached hydrogens (tertiary/aromatic N) is 2. The second kappa shape index (κ2) is 8.50. The van der Waals surface area contributed by atoms with Crippen molar-refractivity contribution < 1.29 is 14.8 Å². The molecule has 0 aliphatic heterocycles. The van der Waals surface area contributed by atoms with Crippen molar-refractivity contribution >= 4 is 18.0 Å². The van der Waals surface area contributed by atoms with Gasteiger partial charge in [-0.3, -0.25) is 14.8 Å². The Morgan fingerprint density at radius 1 is 0.889 bits per heavy atom. The minimum Gasteiger partial charge on any atom is -0.288 e. The van der Waals surface area contributed by atoms with Gasteiger partial charge in [0.25, 0.3) is 11.8 Å². The molecule has 0 bridgehead atoms. The second-order valence-corrected chi connectivity index (χ2v) is 5.54. The molecule has 3 N–H and O–H groups in total. The van der Waals surface area contributed by atoms with Crippen LogP contribution in [0.5, 0.6) is 0 Å². The number of nitrogens with one attached hydrogen (secondary N) is 2. The molecule has 7 nitrogen and oxygen atoms in total. The van der Waals surface area contributed by atoms with Crippen LogP contribution in [0.4, 0.5) is 0 Å². The van der Waals surface area contributed by atoms with Gasteiger partial charge in [0.05, 0.1) is 11.9 Å². The molecule has 0 spiro atoms. The van der Waals surface area contributed by atoms with E-state index >= 15 is 0 Å². The van der Waals surface area contributed by atoms with Crippen LogP contribution in [0, 0.1) is 0 Å². The SMILES string of the molecule is O=C(NO)c1ccc(/C=N/NC(=O)c2cccc(-c3ccccc3)n2)cc1. The van der Waals surface area contributed by atoms with Gasteiger partial charge in [-0.05, 0) is 29.8 Å². The molecule has 0 unspecified atom stereocenters. The molecule has 0 radical (unpaired) electrons. The van der Waals surface area contributed by atoms with Gasteiger partial charge in [0.1, 0.15) is 5.69 Å². The highest BCUT2D eigenvalue weighted by molar-refractivity contribution is 5.95. The number of carbonyl (C=O) groups excluding carboxylic acids is 2. The fourth-order valence-corrected chi connectivity index (χ4v) is 2.34. The number of hydrogen-bond donors (Lipinski definition) is 3. The maximum atomic E-state index is 12.2. The lowest BCUT2D eigenvalue weighted by molar-refractivity contribution is 0.0706. The zero-order valence-electron chi connectivity index (χ0n) is 14.2. The van der Waals surface area contributed by atoms with Gasteiger partial charge in [0.15, 0.2) is 0 Å². The summed E-state index contributed by atoms with van der Waals surface area (Å²) in [6.45, 7) is 0. The fourth-order valence-electron chi connectivity index (χ4n) is 2.34. The van der Waals surface area contributed by atoms with Crippen molar-refractivity contribution in [2.75, 3.05) is 0 Å². The number of pyridine rings is 1. The lowest BCUT2D eigenvalue weighted by atomic mass is 10.1. The normalized spacial score (nSPS) is 10.6. The number of rotatable bonds is 5. The third-order valence-corrected chi connectivity index (χ3v) is 3.71. The molecule has 3 aromatic rings. The van der Waals surface area contributed by atoms with Gasteiger partial charge < -0.3 is 0 Å². The zero-order valence-corrected chi connectivity index (χ0v) is 14.2. The molecule has 134 valence electrons. The first kappa shape index (κ1) is 18.0. The molecule has 0 saturated carbocycles. The number of carbonyl (C=O) groups is 2. The Morgan fingerprint density at radius 2 is 1.63 bits per heavy atom. The molecule has 2 aromatic carbocycles. The highest BCUT2D eigenvalue weighted by Crippen LogP contribution is 2.16. The molecule has 0 saturated heterocycles. The lowest BCUT2D eigenvalue weighted by Gasteiger charge is -2.04. The maximum Gasteiger partial charge on any atom is 0.289 e. The first-order chi connectivity index (χ1) is 13.2. The van der Waals surface area contributed by atoms with Crippen LogP contribution >= 0.6 is 0 Å². The summed E-state index contributed by atoms with van der Waals surface area (Å²) in [5.74, 6) is -1.03. The van der Waals surface area contributed by atoms with E-state index in [1.807, 2.05) is 36.4 Å². The summed E-state index contributed by atoms with van der Waals surface area (Å²) in [7, 11) is 0. The Hall–Kier alpha value is -3.84. The average Bonchev–Trinajstić information content (AvgIpc) is 2.74. The van der Waals surface area contributed by atoms with Crippen LogP contribution in [-0.2, 0) is 0 Å². The topological polar surface area (TPSA) is 104 Å². The highest BCUT2D eigenvalue weighted by atomic mass is 16.5. The van der Waals surface area contributed by atoms with Crippen LogP contribution in [0.2, 0.25) is 0 Å². The summed E-state index contributed by atoms with van der Waals surface area (Å²) in [5.41, 5.74) is 6.83. The van der Waals surface area contributed by atoms with Crippen molar-refractivity contribution in [1.29, 1.82) is 0 Å². The van der Waals surface area contributed by atoms with Gasteiger partial charge in [0, 0.05) is 11.1 Å². The quantitative estimate of drug-likeness (QED) is 0.370. The molecule has 2 amide bonds. The predicted molar refractivity (Wildman–Crippen MR) is 100 cm³/mol. The Labute approximate surface area is 155 Å². The number of hydrazone groups is 1. The van der Waals surface area contributed by atoms with Gasteiger partial charge in [-0.25, -0.2) is 15.9 Å². The van der Waals surface area contributed by atoms with Gasteiger partial charge in [0.2, 0.25) is 0 Å². The van der Waals surface area contributed by atoms with E-state index < -0.39 is 11.8 Å². The van der Waals surface area contributed by atoms with Gasteiger partial charge in [-0.1, -0.05) is 48.5 Å². The third-order valence-electron chi connectivity index (χ3n) is 3.71. The predicted octanol–water partition coefficient (Wildman–Crippen LogP) is 2.63. The lowest BCUT2D eigenvalue weighted by Crippen LogP contribution is -2.19. The maximum absolute atomic E-state index is 12.2. The van der Waals surface area contributed by atoms with E-state index in [9.17, 15) is 9.59 Å². The third kappa shape index (κ3) is 4.62. The van der Waals surface area contributed by atoms with Crippen LogP contribution in [0.25, 0.3) is 11.3 Å². The molecule has 1 heterocycles. The van der Waals surface area contributed by atoms with Gasteiger partial charge in [-0.2, -0.15) is 5.10 Å². The highest BCUT2D eigenvalue weighted by Gasteiger charge is 2.08. The summed E-state index contributed by atoms with van der Waals surface area (Å²) in [6.07, 6.45) is 1.44. The average molecular weight is 360 g/mol. The number of benzene rings is 2. The first-order valence-corrected chi connectivity index (χ1v) is 8.08. The van der Waals surface area contributed by atoms with Crippen molar-refractivity contribution in [3.63, 3.8) is 0 Å². The molecule has 7 heteroatoms. The van der Waals surface area contributed by atoms with Crippen LogP contribution in [0.15, 0.2) is 77.9 Å². The summed E-state index contributed by atoms with van der Waals surface area (Å²) < 4.78 is 0. The second-order valence-electron chi connectivity index (χ2n) is 5.54. The Bertz CT molecular complexity index is 970. The van der Waals surface area contributed by atoms with Crippen LogP contribution in [-0.4, -0.2) is 28.2 Å². The summed E-state index contributed by atoms with van der Waals surface area (Å²) in [4.78, 5) is 27.8. The van der Waals surface area contributed by atoms with Crippen molar-refractivity contribution in [3.8, 4) is 11.3 Å². The molecule has 0 aliphatic carbocycles. The Morgan fingerprint density at radius 3 is 2.33 bits per heavy atom. The van der Waals surface area contributed by atoms with E-state index in [0.29, 0.717) is 16.8 Å². The number of hydrogen-bond acceptors (Lipinski definition) is 5. The Balaban J connectivity index is 1.66. The van der Waals surface area contributed by atoms with Crippen LogP contribution in [0.1, 0.15) is 26.4 Å². The standard InChI is InChI=1S/C20H16N4O3/c25-19(24-27)16-11-9-14(10-12-16)13-21-23-20(26)18-8-4-7-17(22-18)15-5-2-1-3-6-15/h1-13,27H,(H,23,26)(H,24,25)/b21-13+. The monoisotopic (exact) mass is 360 g/mol. The van der Waals surface area contributed by atoms with Crippen molar-refractivity contribution in [2.24, 2.45) is 5.10 Å². The van der Waals surface area contributed by atoms with Gasteiger partial charge >= 0.3 is 0 Å². The molecule has 0 aliphatic rings. The smallest absolute Gasteiger partial charge is 0.288 e. The van der Waals surface area contributed by atoms with E-state index in [1.165, 1.54) is 18.3 Å². The molecule has 3 rings (SSSR count). The van der Waals surface area contributed by atoms with Crippen molar-refractivity contribution in [3.05, 3.63) is 89.6 Å². The van der Waals surface area contributed by atoms with E-state index in [0.717, 1.165) is 5.56 Å². The fraction of sp³-hybridized carbons (Fsp3) is 0. The zero-order chi connectivity index (χ0) is 19.1. The number of amides is 2. The number of hydroxylamine groups is 1. The minimum absolute atomic E-state index is 0.253. The van der Waals surface area contributed by atoms with E-state index in [1.54, 1.807) is 29.7 Å². The van der Waals surface area contributed by atoms with Gasteiger partial charge in [-0.15, -0.1) is 0 Å². The largest absolute Gasteiger partial charge is 0.289 e. The summed E-state index contributed by atoms with van der Waals surface area (Å²) in [5, 5.41) is 12.5. The van der Waals surface area contributed by atoms with E-state index in [-0.39, 0.29) is 5.69 Å². The van der Waals surface area contributed by atoms with Crippen LogP contribution in [0.3, 0.4) is 0 Å². The molecule has 1 aromatic heterocycles. The number of aromatic nitrogens is 1. The molecule has 0 atom stereocenters.